The fourth-order valence-corrected chi connectivity index (χ4v) is 3.95. The van der Waals surface area contributed by atoms with E-state index in [1.54, 1.807) is 6.07 Å². The zero-order chi connectivity index (χ0) is 17.6. The highest BCUT2D eigenvalue weighted by Crippen LogP contribution is 2.33. The molecule has 1 aliphatic rings. The molecule has 0 unspecified atom stereocenters. The number of rotatable bonds is 5. The number of hydrogen-bond donors (Lipinski definition) is 0. The van der Waals surface area contributed by atoms with E-state index in [1.807, 2.05) is 12.1 Å². The normalized spacial score (nSPS) is 20.2. The Labute approximate surface area is 150 Å². The summed E-state index contributed by atoms with van der Waals surface area (Å²) in [5, 5.41) is 8.82. The first-order valence-electron chi connectivity index (χ1n) is 9.48. The van der Waals surface area contributed by atoms with Crippen molar-refractivity contribution in [1.29, 1.82) is 5.26 Å². The van der Waals surface area contributed by atoms with Gasteiger partial charge in [-0.05, 0) is 53.5 Å². The highest BCUT2D eigenvalue weighted by molar-refractivity contribution is 5.64. The third-order valence-corrected chi connectivity index (χ3v) is 5.76. The van der Waals surface area contributed by atoms with Crippen molar-refractivity contribution in [2.24, 2.45) is 11.8 Å². The standard InChI is InChI=1S/C23H26FN/c1-2-17-3-5-18(6-4-17)7-8-19-9-11-20(12-10-19)21-13-14-22(16-25)23(24)15-21/h9-15,17-18H,2-8H2,1H3/t17-,18-. The molecule has 130 valence electrons. The molecule has 2 heteroatoms. The van der Waals surface area contributed by atoms with Crippen molar-refractivity contribution in [2.45, 2.75) is 51.9 Å². The van der Waals surface area contributed by atoms with Crippen molar-refractivity contribution < 1.29 is 4.39 Å². The van der Waals surface area contributed by atoms with E-state index in [4.69, 9.17) is 5.26 Å². The van der Waals surface area contributed by atoms with Crippen LogP contribution < -0.4 is 0 Å². The second kappa shape index (κ2) is 8.30. The molecule has 0 aliphatic heterocycles. The second-order valence-electron chi connectivity index (χ2n) is 7.34. The first-order valence-corrected chi connectivity index (χ1v) is 9.48. The maximum atomic E-state index is 13.8. The number of benzene rings is 2. The van der Waals surface area contributed by atoms with Gasteiger partial charge >= 0.3 is 0 Å². The molecule has 0 spiro atoms. The molecule has 2 aromatic rings. The van der Waals surface area contributed by atoms with Crippen molar-refractivity contribution in [1.82, 2.24) is 0 Å². The molecule has 2 aromatic carbocycles. The third kappa shape index (κ3) is 4.48. The Bertz CT molecular complexity index is 734. The average molecular weight is 335 g/mol. The van der Waals surface area contributed by atoms with Crippen LogP contribution in [0.4, 0.5) is 4.39 Å². The van der Waals surface area contributed by atoms with E-state index in [9.17, 15) is 4.39 Å². The molecule has 1 nitrogen and oxygen atoms in total. The Morgan fingerprint density at radius 3 is 2.20 bits per heavy atom. The Kier molecular flexibility index (Phi) is 5.87. The van der Waals surface area contributed by atoms with Crippen LogP contribution in [0.3, 0.4) is 0 Å². The van der Waals surface area contributed by atoms with Crippen LogP contribution in [0.2, 0.25) is 0 Å². The fraction of sp³-hybridized carbons (Fsp3) is 0.435. The monoisotopic (exact) mass is 335 g/mol. The first-order chi connectivity index (χ1) is 12.2. The van der Waals surface area contributed by atoms with Crippen molar-refractivity contribution in [3.8, 4) is 17.2 Å². The molecule has 0 radical (unpaired) electrons. The Hall–Kier alpha value is -2.14. The van der Waals surface area contributed by atoms with E-state index >= 15 is 0 Å². The van der Waals surface area contributed by atoms with Crippen molar-refractivity contribution in [3.05, 3.63) is 59.4 Å². The van der Waals surface area contributed by atoms with E-state index in [-0.39, 0.29) is 5.56 Å². The van der Waals surface area contributed by atoms with E-state index in [0.717, 1.165) is 29.4 Å². The quantitative estimate of drug-likeness (QED) is 0.610. The summed E-state index contributed by atoms with van der Waals surface area (Å²) < 4.78 is 13.8. The van der Waals surface area contributed by atoms with Gasteiger partial charge in [-0.15, -0.1) is 0 Å². The van der Waals surface area contributed by atoms with Crippen LogP contribution in [0.15, 0.2) is 42.5 Å². The van der Waals surface area contributed by atoms with Crippen LogP contribution in [-0.4, -0.2) is 0 Å². The van der Waals surface area contributed by atoms with E-state index in [2.05, 4.69) is 31.2 Å². The number of nitriles is 1. The summed E-state index contributed by atoms with van der Waals surface area (Å²) >= 11 is 0. The number of halogens is 1. The van der Waals surface area contributed by atoms with Crippen molar-refractivity contribution in [2.75, 3.05) is 0 Å². The van der Waals surface area contributed by atoms with Gasteiger partial charge in [-0.1, -0.05) is 69.4 Å². The van der Waals surface area contributed by atoms with Gasteiger partial charge in [-0.3, -0.25) is 0 Å². The molecule has 1 fully saturated rings. The lowest BCUT2D eigenvalue weighted by atomic mass is 9.78. The predicted octanol–water partition coefficient (Wildman–Crippen LogP) is 6.51. The lowest BCUT2D eigenvalue weighted by Crippen LogP contribution is -2.14. The van der Waals surface area contributed by atoms with Crippen molar-refractivity contribution >= 4 is 0 Å². The van der Waals surface area contributed by atoms with Gasteiger partial charge in [0.15, 0.2) is 0 Å². The highest BCUT2D eigenvalue weighted by Gasteiger charge is 2.19. The van der Waals surface area contributed by atoms with Crippen LogP contribution in [0.1, 0.15) is 56.6 Å². The summed E-state index contributed by atoms with van der Waals surface area (Å²) in [6.45, 7) is 2.31. The smallest absolute Gasteiger partial charge is 0.141 e. The number of aryl methyl sites for hydroxylation is 1. The summed E-state index contributed by atoms with van der Waals surface area (Å²) in [6.07, 6.45) is 9.34. The van der Waals surface area contributed by atoms with Gasteiger partial charge in [0.25, 0.3) is 0 Å². The SMILES string of the molecule is CC[C@H]1CC[C@H](CCc2ccc(-c3ccc(C#N)c(F)c3)cc2)CC1. The molecule has 0 amide bonds. The summed E-state index contributed by atoms with van der Waals surface area (Å²) in [7, 11) is 0. The van der Waals surface area contributed by atoms with E-state index < -0.39 is 5.82 Å². The molecule has 25 heavy (non-hydrogen) atoms. The molecule has 1 saturated carbocycles. The average Bonchev–Trinajstić information content (AvgIpc) is 2.67. The minimum absolute atomic E-state index is 0.0955. The van der Waals surface area contributed by atoms with Crippen LogP contribution >= 0.6 is 0 Å². The Morgan fingerprint density at radius 1 is 0.960 bits per heavy atom. The van der Waals surface area contributed by atoms with E-state index in [0.29, 0.717) is 0 Å². The first kappa shape index (κ1) is 17.7. The maximum Gasteiger partial charge on any atom is 0.141 e. The van der Waals surface area contributed by atoms with Gasteiger partial charge in [-0.25, -0.2) is 4.39 Å². The van der Waals surface area contributed by atoms with Crippen LogP contribution in [0.25, 0.3) is 11.1 Å². The summed E-state index contributed by atoms with van der Waals surface area (Å²) in [4.78, 5) is 0. The molecule has 0 atom stereocenters. The molecule has 3 rings (SSSR count). The minimum Gasteiger partial charge on any atom is -0.206 e. The lowest BCUT2D eigenvalue weighted by Gasteiger charge is -2.27. The summed E-state index contributed by atoms with van der Waals surface area (Å²) in [5.74, 6) is 1.39. The van der Waals surface area contributed by atoms with Gasteiger partial charge in [0.05, 0.1) is 5.56 Å². The topological polar surface area (TPSA) is 23.8 Å². The zero-order valence-corrected chi connectivity index (χ0v) is 15.0. The van der Waals surface area contributed by atoms with Gasteiger partial charge in [0, 0.05) is 0 Å². The molecule has 0 N–H and O–H groups in total. The molecule has 0 aromatic heterocycles. The van der Waals surface area contributed by atoms with Gasteiger partial charge in [0.1, 0.15) is 11.9 Å². The maximum absolute atomic E-state index is 13.8. The minimum atomic E-state index is -0.452. The molecule has 0 saturated heterocycles. The largest absolute Gasteiger partial charge is 0.206 e. The van der Waals surface area contributed by atoms with Crippen molar-refractivity contribution in [3.63, 3.8) is 0 Å². The molecule has 1 aliphatic carbocycles. The zero-order valence-electron chi connectivity index (χ0n) is 15.0. The second-order valence-corrected chi connectivity index (χ2v) is 7.34. The van der Waals surface area contributed by atoms with Crippen LogP contribution in [-0.2, 0) is 6.42 Å². The number of nitrogens with zero attached hydrogens (tertiary/aromatic N) is 1. The van der Waals surface area contributed by atoms with Gasteiger partial charge < -0.3 is 0 Å². The molecular formula is C23H26FN. The fourth-order valence-electron chi connectivity index (χ4n) is 3.95. The van der Waals surface area contributed by atoms with Gasteiger partial charge in [-0.2, -0.15) is 5.26 Å². The van der Waals surface area contributed by atoms with Gasteiger partial charge in [0.2, 0.25) is 0 Å². The summed E-state index contributed by atoms with van der Waals surface area (Å²) in [6, 6.07) is 15.1. The lowest BCUT2D eigenvalue weighted by molar-refractivity contribution is 0.259. The Morgan fingerprint density at radius 2 is 1.60 bits per heavy atom. The highest BCUT2D eigenvalue weighted by atomic mass is 19.1. The molecular weight excluding hydrogens is 309 g/mol. The third-order valence-electron chi connectivity index (χ3n) is 5.76. The predicted molar refractivity (Wildman–Crippen MR) is 101 cm³/mol. The number of hydrogen-bond acceptors (Lipinski definition) is 1. The Balaban J connectivity index is 1.57. The van der Waals surface area contributed by atoms with Crippen LogP contribution in [0.5, 0.6) is 0 Å². The van der Waals surface area contributed by atoms with Crippen LogP contribution in [0, 0.1) is 29.0 Å². The summed E-state index contributed by atoms with van der Waals surface area (Å²) in [5.41, 5.74) is 3.27. The molecule has 0 bridgehead atoms. The van der Waals surface area contributed by atoms with E-state index in [1.165, 1.54) is 50.2 Å². The molecule has 0 heterocycles.